The van der Waals surface area contributed by atoms with Gasteiger partial charge >= 0.3 is 0 Å². The van der Waals surface area contributed by atoms with E-state index in [0.29, 0.717) is 0 Å². The average Bonchev–Trinajstić information content (AvgIpc) is 2.40. The Morgan fingerprint density at radius 1 is 1.18 bits per heavy atom. The van der Waals surface area contributed by atoms with Crippen molar-refractivity contribution in [3.05, 3.63) is 0 Å². The minimum absolute atomic E-state index is 0.906. The third-order valence-electron chi connectivity index (χ3n) is 3.33. The molecule has 66 valence electrons. The highest BCUT2D eigenvalue weighted by molar-refractivity contribution is 4.76. The van der Waals surface area contributed by atoms with Crippen molar-refractivity contribution in [2.75, 3.05) is 0 Å². The molecule has 0 heteroatoms. The zero-order chi connectivity index (χ0) is 8.27. The predicted octanol–water partition coefficient (Wildman–Crippen LogP) is 3.86. The molecule has 0 aromatic rings. The third-order valence-corrected chi connectivity index (χ3v) is 3.33. The highest BCUT2D eigenvalue weighted by atomic mass is 14.3. The maximum absolute atomic E-state index is 2.38. The van der Waals surface area contributed by atoms with Crippen LogP contribution >= 0.6 is 0 Å². The largest absolute Gasteiger partial charge is 0.0651 e. The Morgan fingerprint density at radius 3 is 2.09 bits per heavy atom. The Kier molecular flexibility index (Phi) is 3.42. The summed E-state index contributed by atoms with van der Waals surface area (Å²) in [5, 5.41) is 0. The minimum atomic E-state index is 0.906. The summed E-state index contributed by atoms with van der Waals surface area (Å²) in [5.41, 5.74) is 0. The van der Waals surface area contributed by atoms with Crippen molar-refractivity contribution in [3.8, 4) is 0 Å². The van der Waals surface area contributed by atoms with E-state index in [1.165, 1.54) is 32.1 Å². The summed E-state index contributed by atoms with van der Waals surface area (Å²) in [6, 6.07) is 0. The second-order valence-electron chi connectivity index (χ2n) is 4.36. The molecule has 0 bridgehead atoms. The van der Waals surface area contributed by atoms with Gasteiger partial charge in [-0.1, -0.05) is 52.9 Å². The fourth-order valence-corrected chi connectivity index (χ4v) is 2.73. The zero-order valence-electron chi connectivity index (χ0n) is 8.27. The lowest BCUT2D eigenvalue weighted by molar-refractivity contribution is 0.249. The summed E-state index contributed by atoms with van der Waals surface area (Å²) in [6.45, 7) is 7.11. The van der Waals surface area contributed by atoms with Gasteiger partial charge in [-0.2, -0.15) is 0 Å². The van der Waals surface area contributed by atoms with Gasteiger partial charge in [0.2, 0.25) is 0 Å². The summed E-state index contributed by atoms with van der Waals surface area (Å²) in [5.74, 6) is 2.99. The molecule has 0 N–H and O–H groups in total. The molecule has 0 saturated heterocycles. The molecule has 1 saturated carbocycles. The predicted molar refractivity (Wildman–Crippen MR) is 50.6 cm³/mol. The second-order valence-corrected chi connectivity index (χ2v) is 4.36. The quantitative estimate of drug-likeness (QED) is 0.579. The first-order valence-electron chi connectivity index (χ1n) is 5.25. The summed E-state index contributed by atoms with van der Waals surface area (Å²) >= 11 is 0. The topological polar surface area (TPSA) is 0 Å². The van der Waals surface area contributed by atoms with Crippen molar-refractivity contribution < 1.29 is 0 Å². The molecular weight excluding hydrogens is 132 g/mol. The molecule has 1 fully saturated rings. The van der Waals surface area contributed by atoms with Gasteiger partial charge in [-0.05, 0) is 17.8 Å². The van der Waals surface area contributed by atoms with Crippen LogP contribution in [0.5, 0.6) is 0 Å². The van der Waals surface area contributed by atoms with Crippen LogP contribution < -0.4 is 0 Å². The first kappa shape index (κ1) is 9.09. The van der Waals surface area contributed by atoms with E-state index in [-0.39, 0.29) is 0 Å². The lowest BCUT2D eigenvalue weighted by Gasteiger charge is -2.25. The van der Waals surface area contributed by atoms with Gasteiger partial charge in [-0.15, -0.1) is 0 Å². The highest BCUT2D eigenvalue weighted by Gasteiger charge is 2.25. The van der Waals surface area contributed by atoms with E-state index in [2.05, 4.69) is 20.8 Å². The molecule has 1 rings (SSSR count). The van der Waals surface area contributed by atoms with Gasteiger partial charge in [0.1, 0.15) is 0 Å². The van der Waals surface area contributed by atoms with Crippen LogP contribution in [0.2, 0.25) is 0 Å². The van der Waals surface area contributed by atoms with Crippen molar-refractivity contribution in [2.24, 2.45) is 17.8 Å². The third kappa shape index (κ3) is 2.21. The van der Waals surface area contributed by atoms with Crippen LogP contribution in [0.1, 0.15) is 52.9 Å². The van der Waals surface area contributed by atoms with Crippen molar-refractivity contribution in [1.29, 1.82) is 0 Å². The fourth-order valence-electron chi connectivity index (χ4n) is 2.73. The number of rotatable bonds is 3. The molecule has 0 aromatic carbocycles. The van der Waals surface area contributed by atoms with Crippen LogP contribution in [0.3, 0.4) is 0 Å². The van der Waals surface area contributed by atoms with Crippen LogP contribution in [-0.4, -0.2) is 0 Å². The van der Waals surface area contributed by atoms with Crippen LogP contribution in [0.15, 0.2) is 0 Å². The van der Waals surface area contributed by atoms with Crippen molar-refractivity contribution in [2.45, 2.75) is 52.9 Å². The van der Waals surface area contributed by atoms with Crippen LogP contribution in [0.4, 0.5) is 0 Å². The maximum Gasteiger partial charge on any atom is -0.0365 e. The monoisotopic (exact) mass is 154 g/mol. The Hall–Kier alpha value is 0. The molecule has 0 amide bonds. The SMILES string of the molecule is CC[C@H](C(C)C)C1CCCC1. The smallest absolute Gasteiger partial charge is 0.0365 e. The van der Waals surface area contributed by atoms with Crippen LogP contribution in [0.25, 0.3) is 0 Å². The van der Waals surface area contributed by atoms with Gasteiger partial charge in [0, 0.05) is 0 Å². The van der Waals surface area contributed by atoms with Gasteiger partial charge in [-0.25, -0.2) is 0 Å². The minimum Gasteiger partial charge on any atom is -0.0651 e. The van der Waals surface area contributed by atoms with Crippen LogP contribution in [-0.2, 0) is 0 Å². The van der Waals surface area contributed by atoms with Crippen molar-refractivity contribution in [1.82, 2.24) is 0 Å². The Bertz CT molecular complexity index is 98.6. The maximum atomic E-state index is 2.38. The van der Waals surface area contributed by atoms with E-state index in [9.17, 15) is 0 Å². The molecule has 0 unspecified atom stereocenters. The van der Waals surface area contributed by atoms with E-state index < -0.39 is 0 Å². The van der Waals surface area contributed by atoms with Gasteiger partial charge in [0.25, 0.3) is 0 Å². The molecule has 1 aliphatic rings. The average molecular weight is 154 g/mol. The van der Waals surface area contributed by atoms with Crippen molar-refractivity contribution >= 4 is 0 Å². The molecule has 11 heavy (non-hydrogen) atoms. The van der Waals surface area contributed by atoms with E-state index in [1.807, 2.05) is 0 Å². The lowest BCUT2D eigenvalue weighted by Crippen LogP contribution is -2.16. The summed E-state index contributed by atoms with van der Waals surface area (Å²) in [7, 11) is 0. The van der Waals surface area contributed by atoms with Gasteiger partial charge in [0.05, 0.1) is 0 Å². The molecular formula is C11H22. The molecule has 0 heterocycles. The Labute approximate surface area is 71.4 Å². The van der Waals surface area contributed by atoms with Gasteiger partial charge in [0.15, 0.2) is 0 Å². The number of hydrogen-bond acceptors (Lipinski definition) is 0. The van der Waals surface area contributed by atoms with E-state index in [1.54, 1.807) is 0 Å². The Balaban J connectivity index is 2.40. The first-order chi connectivity index (χ1) is 5.25. The first-order valence-corrected chi connectivity index (χ1v) is 5.25. The summed E-state index contributed by atoms with van der Waals surface area (Å²) in [6.07, 6.45) is 7.40. The van der Waals surface area contributed by atoms with Gasteiger partial charge in [-0.3, -0.25) is 0 Å². The normalized spacial score (nSPS) is 22.9. The molecule has 1 atom stereocenters. The number of hydrogen-bond donors (Lipinski definition) is 0. The van der Waals surface area contributed by atoms with E-state index >= 15 is 0 Å². The fraction of sp³-hybridized carbons (Fsp3) is 1.00. The standard InChI is InChI=1S/C11H22/c1-4-11(9(2)3)10-7-5-6-8-10/h9-11H,4-8H2,1-3H3/t11-/m1/s1. The second kappa shape index (κ2) is 4.13. The molecule has 0 aliphatic heterocycles. The van der Waals surface area contributed by atoms with Gasteiger partial charge < -0.3 is 0 Å². The molecule has 0 nitrogen and oxygen atoms in total. The Morgan fingerprint density at radius 2 is 1.73 bits per heavy atom. The van der Waals surface area contributed by atoms with Crippen LogP contribution in [0, 0.1) is 17.8 Å². The molecule has 0 spiro atoms. The molecule has 0 radical (unpaired) electrons. The van der Waals surface area contributed by atoms with E-state index in [0.717, 1.165) is 17.8 Å². The molecule has 0 aromatic heterocycles. The highest BCUT2D eigenvalue weighted by Crippen LogP contribution is 2.36. The van der Waals surface area contributed by atoms with E-state index in [4.69, 9.17) is 0 Å². The summed E-state index contributed by atoms with van der Waals surface area (Å²) < 4.78 is 0. The lowest BCUT2D eigenvalue weighted by atomic mass is 9.81. The molecule has 1 aliphatic carbocycles. The van der Waals surface area contributed by atoms with Crippen molar-refractivity contribution in [3.63, 3.8) is 0 Å². The zero-order valence-corrected chi connectivity index (χ0v) is 8.27. The summed E-state index contributed by atoms with van der Waals surface area (Å²) in [4.78, 5) is 0.